The van der Waals surface area contributed by atoms with E-state index in [1.165, 1.54) is 18.0 Å². The van der Waals surface area contributed by atoms with Gasteiger partial charge in [0.05, 0.1) is 37.3 Å². The molecule has 7 heteroatoms. The Bertz CT molecular complexity index is 1050. The Balaban J connectivity index is 1.63. The molecule has 0 unspecified atom stereocenters. The van der Waals surface area contributed by atoms with Gasteiger partial charge in [0.25, 0.3) is 0 Å². The number of halogens is 1. The quantitative estimate of drug-likeness (QED) is 0.584. The summed E-state index contributed by atoms with van der Waals surface area (Å²) in [5, 5.41) is 12.2. The number of rotatable bonds is 8. The molecule has 0 aliphatic carbocycles. The van der Waals surface area contributed by atoms with Gasteiger partial charge in [0.15, 0.2) is 5.69 Å². The Morgan fingerprint density at radius 2 is 1.97 bits per heavy atom. The molecule has 30 heavy (non-hydrogen) atoms. The topological polar surface area (TPSA) is 87.9 Å². The van der Waals surface area contributed by atoms with Crippen LogP contribution in [-0.4, -0.2) is 23.0 Å². The van der Waals surface area contributed by atoms with Gasteiger partial charge in [0.2, 0.25) is 5.91 Å². The SMILES string of the molecule is COc1cc(CCCc2ccccc2)c(Cl)cc1NC(=O)Cc1cnc(C#N)cn1. The van der Waals surface area contributed by atoms with Gasteiger partial charge in [-0.05, 0) is 42.5 Å². The van der Waals surface area contributed by atoms with E-state index in [4.69, 9.17) is 21.6 Å². The maximum Gasteiger partial charge on any atom is 0.230 e. The van der Waals surface area contributed by atoms with Crippen molar-refractivity contribution in [2.24, 2.45) is 0 Å². The zero-order valence-corrected chi connectivity index (χ0v) is 17.3. The predicted octanol–water partition coefficient (Wildman–Crippen LogP) is 4.37. The highest BCUT2D eigenvalue weighted by molar-refractivity contribution is 6.31. The highest BCUT2D eigenvalue weighted by atomic mass is 35.5. The molecule has 152 valence electrons. The van der Waals surface area contributed by atoms with E-state index >= 15 is 0 Å². The van der Waals surface area contributed by atoms with E-state index in [1.807, 2.05) is 30.3 Å². The lowest BCUT2D eigenvalue weighted by molar-refractivity contribution is -0.115. The number of carbonyl (C=O) groups is 1. The minimum Gasteiger partial charge on any atom is -0.495 e. The summed E-state index contributed by atoms with van der Waals surface area (Å²) in [5.74, 6) is 0.272. The Kier molecular flexibility index (Phi) is 7.36. The fourth-order valence-electron chi connectivity index (χ4n) is 3.04. The van der Waals surface area contributed by atoms with Crippen molar-refractivity contribution in [1.29, 1.82) is 5.26 Å². The molecule has 1 aromatic heterocycles. The van der Waals surface area contributed by atoms with Crippen LogP contribution in [0.2, 0.25) is 5.02 Å². The van der Waals surface area contributed by atoms with Crippen molar-refractivity contribution in [3.63, 3.8) is 0 Å². The number of benzene rings is 2. The van der Waals surface area contributed by atoms with Crippen LogP contribution in [0.3, 0.4) is 0 Å². The van der Waals surface area contributed by atoms with Gasteiger partial charge in [-0.3, -0.25) is 9.78 Å². The van der Waals surface area contributed by atoms with Gasteiger partial charge in [0.1, 0.15) is 11.8 Å². The van der Waals surface area contributed by atoms with Crippen LogP contribution in [0, 0.1) is 11.3 Å². The Hall–Kier alpha value is -3.43. The van der Waals surface area contributed by atoms with Gasteiger partial charge in [-0.1, -0.05) is 41.9 Å². The van der Waals surface area contributed by atoms with Crippen molar-refractivity contribution < 1.29 is 9.53 Å². The second-order valence-electron chi connectivity index (χ2n) is 6.71. The van der Waals surface area contributed by atoms with Gasteiger partial charge in [0, 0.05) is 5.02 Å². The fraction of sp³-hybridized carbons (Fsp3) is 0.217. The van der Waals surface area contributed by atoms with E-state index in [2.05, 4.69) is 27.4 Å². The third-order valence-electron chi connectivity index (χ3n) is 4.56. The van der Waals surface area contributed by atoms with Crippen LogP contribution in [0.1, 0.15) is 28.9 Å². The van der Waals surface area contributed by atoms with E-state index < -0.39 is 0 Å². The minimum absolute atomic E-state index is 0.0261. The van der Waals surface area contributed by atoms with Crippen molar-refractivity contribution in [1.82, 2.24) is 9.97 Å². The largest absolute Gasteiger partial charge is 0.495 e. The fourth-order valence-corrected chi connectivity index (χ4v) is 3.30. The van der Waals surface area contributed by atoms with Crippen LogP contribution in [0.4, 0.5) is 5.69 Å². The van der Waals surface area contributed by atoms with Crippen LogP contribution >= 0.6 is 11.6 Å². The summed E-state index contributed by atoms with van der Waals surface area (Å²) in [7, 11) is 1.55. The summed E-state index contributed by atoms with van der Waals surface area (Å²) in [6.07, 6.45) is 5.50. The molecule has 1 N–H and O–H groups in total. The van der Waals surface area contributed by atoms with Crippen molar-refractivity contribution in [2.45, 2.75) is 25.7 Å². The molecule has 0 fully saturated rings. The molecule has 0 bridgehead atoms. The summed E-state index contributed by atoms with van der Waals surface area (Å²) in [6, 6.07) is 15.8. The first-order valence-electron chi connectivity index (χ1n) is 9.50. The molecule has 0 spiro atoms. The van der Waals surface area contributed by atoms with Crippen LogP contribution in [0.5, 0.6) is 5.75 Å². The lowest BCUT2D eigenvalue weighted by atomic mass is 10.0. The second-order valence-corrected chi connectivity index (χ2v) is 7.12. The average Bonchev–Trinajstić information content (AvgIpc) is 2.76. The van der Waals surface area contributed by atoms with Gasteiger partial charge in [-0.25, -0.2) is 4.98 Å². The molecule has 2 aromatic carbocycles. The highest BCUT2D eigenvalue weighted by Crippen LogP contribution is 2.32. The normalized spacial score (nSPS) is 10.3. The molecule has 1 amide bonds. The van der Waals surface area contributed by atoms with Crippen LogP contribution in [0.25, 0.3) is 0 Å². The number of nitrogens with zero attached hydrogens (tertiary/aromatic N) is 3. The van der Waals surface area contributed by atoms with Crippen LogP contribution in [-0.2, 0) is 24.1 Å². The van der Waals surface area contributed by atoms with Crippen molar-refractivity contribution in [3.05, 3.63) is 82.4 Å². The van der Waals surface area contributed by atoms with E-state index in [0.717, 1.165) is 24.8 Å². The lowest BCUT2D eigenvalue weighted by Crippen LogP contribution is -2.16. The molecule has 0 aliphatic rings. The minimum atomic E-state index is -0.278. The summed E-state index contributed by atoms with van der Waals surface area (Å²) in [4.78, 5) is 20.4. The first kappa shape index (κ1) is 21.3. The Morgan fingerprint density at radius 3 is 2.63 bits per heavy atom. The Labute approximate surface area is 180 Å². The number of aromatic nitrogens is 2. The lowest BCUT2D eigenvalue weighted by Gasteiger charge is -2.14. The second kappa shape index (κ2) is 10.4. The number of nitrogens with one attached hydrogen (secondary N) is 1. The number of anilines is 1. The molecule has 3 aromatic rings. The number of methoxy groups -OCH3 is 1. The average molecular weight is 421 g/mol. The predicted molar refractivity (Wildman–Crippen MR) is 116 cm³/mol. The smallest absolute Gasteiger partial charge is 0.230 e. The molecule has 3 rings (SSSR count). The van der Waals surface area contributed by atoms with Gasteiger partial charge < -0.3 is 10.1 Å². The van der Waals surface area contributed by atoms with Crippen molar-refractivity contribution in [3.8, 4) is 11.8 Å². The molecule has 0 aliphatic heterocycles. The molecule has 0 saturated carbocycles. The number of nitriles is 1. The molecule has 6 nitrogen and oxygen atoms in total. The number of ether oxygens (including phenoxy) is 1. The number of amides is 1. The third kappa shape index (κ3) is 5.79. The summed E-state index contributed by atoms with van der Waals surface area (Å²) in [5.41, 5.74) is 3.43. The van der Waals surface area contributed by atoms with E-state index in [0.29, 0.717) is 22.2 Å². The van der Waals surface area contributed by atoms with Crippen molar-refractivity contribution in [2.75, 3.05) is 12.4 Å². The van der Waals surface area contributed by atoms with Gasteiger partial charge in [-0.2, -0.15) is 5.26 Å². The molecule has 0 saturated heterocycles. The number of hydrogen-bond donors (Lipinski definition) is 1. The zero-order valence-electron chi connectivity index (χ0n) is 16.6. The van der Waals surface area contributed by atoms with E-state index in [1.54, 1.807) is 13.2 Å². The summed E-state index contributed by atoms with van der Waals surface area (Å²) < 4.78 is 5.45. The standard InChI is InChI=1S/C23H21ClN4O2/c1-30-22-10-17(9-5-8-16-6-3-2-4-7-16)20(24)12-21(22)28-23(29)11-18-14-27-19(13-25)15-26-18/h2-4,6-7,10,12,14-15H,5,8-9,11H2,1H3,(H,28,29). The summed E-state index contributed by atoms with van der Waals surface area (Å²) >= 11 is 6.46. The van der Waals surface area contributed by atoms with Gasteiger partial charge in [-0.15, -0.1) is 0 Å². The molecule has 0 radical (unpaired) electrons. The maximum atomic E-state index is 12.4. The van der Waals surface area contributed by atoms with Crippen LogP contribution < -0.4 is 10.1 Å². The first-order chi connectivity index (χ1) is 14.6. The van der Waals surface area contributed by atoms with Crippen molar-refractivity contribution >= 4 is 23.2 Å². The Morgan fingerprint density at radius 1 is 1.17 bits per heavy atom. The molecular formula is C23H21ClN4O2. The highest BCUT2D eigenvalue weighted by Gasteiger charge is 2.13. The maximum absolute atomic E-state index is 12.4. The number of hydrogen-bond acceptors (Lipinski definition) is 5. The first-order valence-corrected chi connectivity index (χ1v) is 9.88. The zero-order chi connectivity index (χ0) is 21.3. The van der Waals surface area contributed by atoms with Gasteiger partial charge >= 0.3 is 0 Å². The molecular weight excluding hydrogens is 400 g/mol. The third-order valence-corrected chi connectivity index (χ3v) is 4.91. The number of carbonyl (C=O) groups excluding carboxylic acids is 1. The monoisotopic (exact) mass is 420 g/mol. The van der Waals surface area contributed by atoms with Crippen LogP contribution in [0.15, 0.2) is 54.9 Å². The molecule has 0 atom stereocenters. The number of aryl methyl sites for hydroxylation is 2. The van der Waals surface area contributed by atoms with E-state index in [-0.39, 0.29) is 18.0 Å². The van der Waals surface area contributed by atoms with E-state index in [9.17, 15) is 4.79 Å². The summed E-state index contributed by atoms with van der Waals surface area (Å²) in [6.45, 7) is 0. The molecule has 1 heterocycles.